The molecule has 1 aliphatic rings. The minimum atomic E-state index is -0.764. The largest absolute Gasteiger partial charge is 0.325 e. The van der Waals surface area contributed by atoms with Gasteiger partial charge in [0.05, 0.1) is 5.88 Å². The molecule has 0 spiro atoms. The van der Waals surface area contributed by atoms with Crippen LogP contribution in [0.4, 0.5) is 4.79 Å². The lowest BCUT2D eigenvalue weighted by Gasteiger charge is -2.13. The van der Waals surface area contributed by atoms with E-state index in [1.165, 1.54) is 0 Å². The van der Waals surface area contributed by atoms with Gasteiger partial charge in [-0.2, -0.15) is 12.6 Å². The van der Waals surface area contributed by atoms with Crippen LogP contribution in [0.5, 0.6) is 0 Å². The number of nitrogens with zero attached hydrogens (tertiary/aromatic N) is 1. The van der Waals surface area contributed by atoms with Crippen LogP contribution in [0.2, 0.25) is 0 Å². The monoisotopic (exact) mass is 174 g/mol. The van der Waals surface area contributed by atoms with Crippen molar-refractivity contribution in [1.82, 2.24) is 10.2 Å². The van der Waals surface area contributed by atoms with E-state index >= 15 is 0 Å². The number of carbonyl (C=O) groups excluding carboxylic acids is 2. The van der Waals surface area contributed by atoms with Crippen molar-refractivity contribution in [3.05, 3.63) is 0 Å². The van der Waals surface area contributed by atoms with Gasteiger partial charge in [-0.05, 0) is 13.8 Å². The first kappa shape index (κ1) is 8.39. The second-order valence-corrected chi connectivity index (χ2v) is 3.21. The molecule has 62 valence electrons. The van der Waals surface area contributed by atoms with Gasteiger partial charge in [0.15, 0.2) is 0 Å². The van der Waals surface area contributed by atoms with Crippen LogP contribution in [-0.2, 0) is 4.79 Å². The second kappa shape index (κ2) is 2.41. The Morgan fingerprint density at radius 3 is 2.27 bits per heavy atom. The Labute approximate surface area is 70.3 Å². The van der Waals surface area contributed by atoms with Crippen LogP contribution in [0.25, 0.3) is 0 Å². The molecule has 1 fully saturated rings. The van der Waals surface area contributed by atoms with E-state index in [1.807, 2.05) is 0 Å². The number of imide groups is 1. The van der Waals surface area contributed by atoms with Gasteiger partial charge < -0.3 is 5.32 Å². The van der Waals surface area contributed by atoms with Crippen molar-refractivity contribution in [2.45, 2.75) is 19.4 Å². The molecule has 0 aromatic carbocycles. The molecule has 0 bridgehead atoms. The zero-order valence-electron chi connectivity index (χ0n) is 6.42. The first-order valence-corrected chi connectivity index (χ1v) is 3.87. The van der Waals surface area contributed by atoms with Crippen LogP contribution < -0.4 is 5.32 Å². The molecular formula is C6H10N2O2S. The number of nitrogens with one attached hydrogen (secondary N) is 1. The lowest BCUT2D eigenvalue weighted by molar-refractivity contribution is -0.129. The highest BCUT2D eigenvalue weighted by molar-refractivity contribution is 7.80. The average Bonchev–Trinajstić information content (AvgIpc) is 2.04. The third kappa shape index (κ3) is 1.20. The minimum Gasteiger partial charge on any atom is -0.324 e. The molecule has 0 unspecified atom stereocenters. The molecule has 1 rings (SSSR count). The van der Waals surface area contributed by atoms with E-state index in [1.54, 1.807) is 13.8 Å². The van der Waals surface area contributed by atoms with Gasteiger partial charge >= 0.3 is 6.03 Å². The predicted molar refractivity (Wildman–Crippen MR) is 43.3 cm³/mol. The van der Waals surface area contributed by atoms with E-state index in [4.69, 9.17) is 0 Å². The topological polar surface area (TPSA) is 49.4 Å². The first-order chi connectivity index (χ1) is 4.99. The van der Waals surface area contributed by atoms with Crippen molar-refractivity contribution in [3.63, 3.8) is 0 Å². The van der Waals surface area contributed by atoms with E-state index in [0.717, 1.165) is 4.90 Å². The molecule has 5 heteroatoms. The molecule has 1 saturated heterocycles. The van der Waals surface area contributed by atoms with Crippen molar-refractivity contribution in [2.75, 3.05) is 5.88 Å². The maximum atomic E-state index is 11.3. The third-order valence-corrected chi connectivity index (χ3v) is 1.87. The Hall–Kier alpha value is -0.710. The Morgan fingerprint density at radius 2 is 2.09 bits per heavy atom. The zero-order valence-corrected chi connectivity index (χ0v) is 7.31. The van der Waals surface area contributed by atoms with Gasteiger partial charge in [0.1, 0.15) is 5.54 Å². The summed E-state index contributed by atoms with van der Waals surface area (Å²) in [6.07, 6.45) is 0. The van der Waals surface area contributed by atoms with Crippen LogP contribution in [0.15, 0.2) is 0 Å². The number of thiol groups is 1. The number of hydrogen-bond donors (Lipinski definition) is 2. The third-order valence-electron chi connectivity index (χ3n) is 1.59. The van der Waals surface area contributed by atoms with Gasteiger partial charge in [-0.3, -0.25) is 9.69 Å². The lowest BCUT2D eigenvalue weighted by atomic mass is 10.1. The maximum absolute atomic E-state index is 11.3. The van der Waals surface area contributed by atoms with Crippen molar-refractivity contribution >= 4 is 24.6 Å². The van der Waals surface area contributed by atoms with E-state index < -0.39 is 5.54 Å². The van der Waals surface area contributed by atoms with Crippen LogP contribution in [0, 0.1) is 0 Å². The van der Waals surface area contributed by atoms with Crippen LogP contribution in [0.3, 0.4) is 0 Å². The summed E-state index contributed by atoms with van der Waals surface area (Å²) in [6, 6.07) is -0.366. The van der Waals surface area contributed by atoms with Gasteiger partial charge in [-0.15, -0.1) is 0 Å². The van der Waals surface area contributed by atoms with Gasteiger partial charge in [-0.1, -0.05) is 0 Å². The van der Waals surface area contributed by atoms with E-state index in [0.29, 0.717) is 0 Å². The number of carbonyl (C=O) groups is 2. The van der Waals surface area contributed by atoms with Crippen LogP contribution >= 0.6 is 12.6 Å². The second-order valence-electron chi connectivity index (χ2n) is 2.93. The predicted octanol–water partition coefficient (Wildman–Crippen LogP) is 0.204. The molecule has 0 aromatic heterocycles. The summed E-state index contributed by atoms with van der Waals surface area (Å²) in [5, 5.41) is 2.53. The van der Waals surface area contributed by atoms with Gasteiger partial charge in [0.25, 0.3) is 5.91 Å². The quantitative estimate of drug-likeness (QED) is 0.441. The minimum absolute atomic E-state index is 0.133. The number of rotatable bonds is 1. The summed E-state index contributed by atoms with van der Waals surface area (Å²) >= 11 is 3.86. The Balaban J connectivity index is 2.88. The number of amides is 3. The normalized spacial score (nSPS) is 22.3. The van der Waals surface area contributed by atoms with E-state index in [2.05, 4.69) is 17.9 Å². The molecule has 0 atom stereocenters. The summed E-state index contributed by atoms with van der Waals surface area (Å²) in [7, 11) is 0. The highest BCUT2D eigenvalue weighted by Crippen LogP contribution is 2.16. The molecule has 1 aliphatic heterocycles. The van der Waals surface area contributed by atoms with Crippen molar-refractivity contribution in [1.29, 1.82) is 0 Å². The molecular weight excluding hydrogens is 164 g/mol. The molecule has 0 aromatic rings. The summed E-state index contributed by atoms with van der Waals surface area (Å²) in [4.78, 5) is 23.3. The fourth-order valence-electron chi connectivity index (χ4n) is 0.946. The van der Waals surface area contributed by atoms with Crippen LogP contribution in [-0.4, -0.2) is 28.3 Å². The van der Waals surface area contributed by atoms with Crippen LogP contribution in [0.1, 0.15) is 13.8 Å². The molecule has 4 nitrogen and oxygen atoms in total. The SMILES string of the molecule is CC1(C)NC(=O)N(CS)C1=O. The Kier molecular flexibility index (Phi) is 1.83. The van der Waals surface area contributed by atoms with Crippen molar-refractivity contribution in [2.24, 2.45) is 0 Å². The molecule has 0 saturated carbocycles. The smallest absolute Gasteiger partial charge is 0.324 e. The molecule has 0 aliphatic carbocycles. The summed E-state index contributed by atoms with van der Waals surface area (Å²) in [5.74, 6) is -0.0915. The zero-order chi connectivity index (χ0) is 8.65. The fourth-order valence-corrected chi connectivity index (χ4v) is 1.20. The Morgan fingerprint density at radius 1 is 1.55 bits per heavy atom. The summed E-state index contributed by atoms with van der Waals surface area (Å²) < 4.78 is 0. The van der Waals surface area contributed by atoms with Crippen molar-refractivity contribution in [3.8, 4) is 0 Å². The molecule has 1 N–H and O–H groups in total. The number of urea groups is 1. The maximum Gasteiger partial charge on any atom is 0.325 e. The van der Waals surface area contributed by atoms with Gasteiger partial charge in [-0.25, -0.2) is 4.79 Å². The molecule has 1 heterocycles. The highest BCUT2D eigenvalue weighted by Gasteiger charge is 2.43. The standard InChI is InChI=1S/C6H10N2O2S/c1-6(2)4(9)8(3-11)5(10)7-6/h11H,3H2,1-2H3,(H,7,10). The van der Waals surface area contributed by atoms with E-state index in [9.17, 15) is 9.59 Å². The van der Waals surface area contributed by atoms with E-state index in [-0.39, 0.29) is 17.8 Å². The number of hydrogen-bond acceptors (Lipinski definition) is 3. The van der Waals surface area contributed by atoms with Gasteiger partial charge in [0, 0.05) is 0 Å². The van der Waals surface area contributed by atoms with Gasteiger partial charge in [0.2, 0.25) is 0 Å². The molecule has 11 heavy (non-hydrogen) atoms. The van der Waals surface area contributed by atoms with Crippen molar-refractivity contribution < 1.29 is 9.59 Å². The average molecular weight is 174 g/mol. The summed E-state index contributed by atoms with van der Waals surface area (Å²) in [6.45, 7) is 3.33. The lowest BCUT2D eigenvalue weighted by Crippen LogP contribution is -2.40. The molecule has 3 amide bonds. The highest BCUT2D eigenvalue weighted by atomic mass is 32.1. The molecule has 0 radical (unpaired) electrons. The fraction of sp³-hybridized carbons (Fsp3) is 0.667. The summed E-state index contributed by atoms with van der Waals surface area (Å²) in [5.41, 5.74) is -0.764. The first-order valence-electron chi connectivity index (χ1n) is 3.24. The Bertz CT molecular complexity index is 215.